The van der Waals surface area contributed by atoms with E-state index in [1.807, 2.05) is 12.1 Å². The molecule has 0 spiro atoms. The first kappa shape index (κ1) is 13.3. The van der Waals surface area contributed by atoms with Crippen LogP contribution in [0.5, 0.6) is 5.75 Å². The minimum absolute atomic E-state index is 0.772. The SMILES string of the molecule is COc1cccc2ccc(CNN3CCCCC3)nc12. The molecule has 0 radical (unpaired) electrons. The third-order valence-corrected chi connectivity index (χ3v) is 3.80. The molecule has 4 nitrogen and oxygen atoms in total. The molecule has 3 rings (SSSR count). The molecule has 106 valence electrons. The number of ether oxygens (including phenoxy) is 1. The van der Waals surface area contributed by atoms with Crippen LogP contribution in [0.3, 0.4) is 0 Å². The number of hydrazine groups is 1. The number of para-hydroxylation sites is 1. The van der Waals surface area contributed by atoms with Gasteiger partial charge in [0.1, 0.15) is 11.3 Å². The lowest BCUT2D eigenvalue weighted by Crippen LogP contribution is -2.41. The van der Waals surface area contributed by atoms with Gasteiger partial charge in [-0.2, -0.15) is 0 Å². The molecule has 4 heteroatoms. The molecule has 20 heavy (non-hydrogen) atoms. The summed E-state index contributed by atoms with van der Waals surface area (Å²) in [5.41, 5.74) is 5.46. The topological polar surface area (TPSA) is 37.4 Å². The average molecular weight is 271 g/mol. The van der Waals surface area contributed by atoms with Crippen molar-refractivity contribution in [3.63, 3.8) is 0 Å². The number of hydrogen-bond acceptors (Lipinski definition) is 4. The van der Waals surface area contributed by atoms with Crippen LogP contribution in [0.15, 0.2) is 30.3 Å². The second-order valence-electron chi connectivity index (χ2n) is 5.22. The number of nitrogens with zero attached hydrogens (tertiary/aromatic N) is 2. The number of piperidine rings is 1. The summed E-state index contributed by atoms with van der Waals surface area (Å²) in [5.74, 6) is 0.835. The van der Waals surface area contributed by atoms with Crippen molar-refractivity contribution in [2.45, 2.75) is 25.8 Å². The summed E-state index contributed by atoms with van der Waals surface area (Å²) in [4.78, 5) is 4.72. The van der Waals surface area contributed by atoms with Gasteiger partial charge >= 0.3 is 0 Å². The summed E-state index contributed by atoms with van der Waals surface area (Å²) in [7, 11) is 1.69. The van der Waals surface area contributed by atoms with Crippen molar-refractivity contribution >= 4 is 10.9 Å². The zero-order valence-electron chi connectivity index (χ0n) is 11.9. The van der Waals surface area contributed by atoms with Crippen LogP contribution < -0.4 is 10.2 Å². The molecular weight excluding hydrogens is 250 g/mol. The molecule has 1 fully saturated rings. The second kappa shape index (κ2) is 6.20. The van der Waals surface area contributed by atoms with E-state index in [1.54, 1.807) is 7.11 Å². The number of aromatic nitrogens is 1. The summed E-state index contributed by atoms with van der Waals surface area (Å²) in [6, 6.07) is 10.2. The van der Waals surface area contributed by atoms with E-state index in [0.29, 0.717) is 0 Å². The van der Waals surface area contributed by atoms with E-state index in [0.717, 1.165) is 42.0 Å². The van der Waals surface area contributed by atoms with Crippen molar-refractivity contribution in [3.8, 4) is 5.75 Å². The standard InChI is InChI=1S/C16H21N3O/c1-20-15-7-5-6-13-8-9-14(18-16(13)15)12-17-19-10-3-2-4-11-19/h5-9,17H,2-4,10-12H2,1H3. The molecule has 1 aliphatic rings. The first-order valence-corrected chi connectivity index (χ1v) is 7.28. The van der Waals surface area contributed by atoms with E-state index in [9.17, 15) is 0 Å². The Hall–Kier alpha value is -1.65. The molecule has 0 bridgehead atoms. The van der Waals surface area contributed by atoms with Crippen LogP contribution in [0.1, 0.15) is 25.0 Å². The minimum Gasteiger partial charge on any atom is -0.494 e. The van der Waals surface area contributed by atoms with E-state index < -0.39 is 0 Å². The van der Waals surface area contributed by atoms with E-state index in [1.165, 1.54) is 19.3 Å². The molecule has 0 unspecified atom stereocenters. The zero-order valence-corrected chi connectivity index (χ0v) is 11.9. The molecule has 2 aromatic rings. The van der Waals surface area contributed by atoms with Crippen LogP contribution >= 0.6 is 0 Å². The Bertz CT molecular complexity index is 579. The number of pyridine rings is 1. The highest BCUT2D eigenvalue weighted by Crippen LogP contribution is 2.23. The van der Waals surface area contributed by atoms with Crippen LogP contribution in [0.2, 0.25) is 0 Å². The summed E-state index contributed by atoms with van der Waals surface area (Å²) in [6.45, 7) is 3.04. The zero-order chi connectivity index (χ0) is 13.8. The van der Waals surface area contributed by atoms with Crippen molar-refractivity contribution in [2.24, 2.45) is 0 Å². The fraction of sp³-hybridized carbons (Fsp3) is 0.438. The lowest BCUT2D eigenvalue weighted by atomic mass is 10.1. The molecule has 1 aliphatic heterocycles. The van der Waals surface area contributed by atoms with E-state index >= 15 is 0 Å². The van der Waals surface area contributed by atoms with Gasteiger partial charge in [0.05, 0.1) is 19.3 Å². The number of benzene rings is 1. The van der Waals surface area contributed by atoms with Gasteiger partial charge in [0, 0.05) is 18.5 Å². The number of nitrogens with one attached hydrogen (secondary N) is 1. The van der Waals surface area contributed by atoms with E-state index in [2.05, 4.69) is 28.6 Å². The third-order valence-electron chi connectivity index (χ3n) is 3.80. The molecule has 1 aromatic carbocycles. The highest BCUT2D eigenvalue weighted by Gasteiger charge is 2.10. The molecule has 0 amide bonds. The van der Waals surface area contributed by atoms with Crippen molar-refractivity contribution < 1.29 is 4.74 Å². The monoisotopic (exact) mass is 271 g/mol. The van der Waals surface area contributed by atoms with Crippen LogP contribution in [0.25, 0.3) is 10.9 Å². The maximum Gasteiger partial charge on any atom is 0.145 e. The van der Waals surface area contributed by atoms with Crippen molar-refractivity contribution in [2.75, 3.05) is 20.2 Å². The van der Waals surface area contributed by atoms with Gasteiger partial charge in [0.25, 0.3) is 0 Å². The van der Waals surface area contributed by atoms with Gasteiger partial charge in [-0.05, 0) is 25.0 Å². The third kappa shape index (κ3) is 2.92. The van der Waals surface area contributed by atoms with Gasteiger partial charge in [-0.3, -0.25) is 0 Å². The van der Waals surface area contributed by atoms with Gasteiger partial charge in [-0.15, -0.1) is 0 Å². The fourth-order valence-electron chi connectivity index (χ4n) is 2.67. The van der Waals surface area contributed by atoms with Crippen molar-refractivity contribution in [1.29, 1.82) is 0 Å². The Kier molecular flexibility index (Phi) is 4.14. The molecule has 0 saturated carbocycles. The second-order valence-corrected chi connectivity index (χ2v) is 5.22. The molecule has 1 N–H and O–H groups in total. The number of methoxy groups -OCH3 is 1. The quantitative estimate of drug-likeness (QED) is 0.928. The minimum atomic E-state index is 0.772. The largest absolute Gasteiger partial charge is 0.494 e. The lowest BCUT2D eigenvalue weighted by Gasteiger charge is -2.26. The maximum absolute atomic E-state index is 5.38. The summed E-state index contributed by atoms with van der Waals surface area (Å²) in [6.07, 6.45) is 3.92. The number of hydrogen-bond donors (Lipinski definition) is 1. The van der Waals surface area contributed by atoms with Crippen molar-refractivity contribution in [1.82, 2.24) is 15.4 Å². The lowest BCUT2D eigenvalue weighted by molar-refractivity contribution is 0.150. The Balaban J connectivity index is 1.74. The molecular formula is C16H21N3O. The van der Waals surface area contributed by atoms with Crippen LogP contribution in [0, 0.1) is 0 Å². The molecule has 1 saturated heterocycles. The maximum atomic E-state index is 5.38. The smallest absolute Gasteiger partial charge is 0.145 e. The first-order chi connectivity index (χ1) is 9.86. The summed E-state index contributed by atoms with van der Waals surface area (Å²) < 4.78 is 5.38. The first-order valence-electron chi connectivity index (χ1n) is 7.28. The fourth-order valence-corrected chi connectivity index (χ4v) is 2.67. The summed E-state index contributed by atoms with van der Waals surface area (Å²) >= 11 is 0. The highest BCUT2D eigenvalue weighted by atomic mass is 16.5. The van der Waals surface area contributed by atoms with Gasteiger partial charge in [-0.1, -0.05) is 24.6 Å². The van der Waals surface area contributed by atoms with Crippen molar-refractivity contribution in [3.05, 3.63) is 36.0 Å². The normalized spacial score (nSPS) is 16.4. The Morgan fingerprint density at radius 3 is 2.80 bits per heavy atom. The summed E-state index contributed by atoms with van der Waals surface area (Å²) in [5, 5.41) is 3.42. The van der Waals surface area contributed by atoms with Crippen LogP contribution in [-0.4, -0.2) is 30.2 Å². The van der Waals surface area contributed by atoms with Gasteiger partial charge in [0.2, 0.25) is 0 Å². The van der Waals surface area contributed by atoms with Gasteiger partial charge in [-0.25, -0.2) is 15.4 Å². The van der Waals surface area contributed by atoms with Crippen LogP contribution in [-0.2, 0) is 6.54 Å². The Labute approximate surface area is 119 Å². The van der Waals surface area contributed by atoms with Gasteiger partial charge < -0.3 is 4.74 Å². The number of rotatable bonds is 4. The van der Waals surface area contributed by atoms with Crippen LogP contribution in [0.4, 0.5) is 0 Å². The molecule has 2 heterocycles. The van der Waals surface area contributed by atoms with E-state index in [-0.39, 0.29) is 0 Å². The highest BCUT2D eigenvalue weighted by molar-refractivity contribution is 5.84. The Morgan fingerprint density at radius 2 is 2.00 bits per heavy atom. The predicted molar refractivity (Wildman–Crippen MR) is 80.6 cm³/mol. The molecule has 0 aliphatic carbocycles. The average Bonchev–Trinajstić information content (AvgIpc) is 2.53. The van der Waals surface area contributed by atoms with Gasteiger partial charge in [0.15, 0.2) is 0 Å². The number of fused-ring (bicyclic) bond motifs is 1. The molecule has 1 aromatic heterocycles. The Morgan fingerprint density at radius 1 is 1.15 bits per heavy atom. The van der Waals surface area contributed by atoms with E-state index in [4.69, 9.17) is 9.72 Å². The predicted octanol–water partition coefficient (Wildman–Crippen LogP) is 2.73. The molecule has 0 atom stereocenters.